The summed E-state index contributed by atoms with van der Waals surface area (Å²) >= 11 is 0. The summed E-state index contributed by atoms with van der Waals surface area (Å²) in [5, 5.41) is 7.69. The first-order valence-electron chi connectivity index (χ1n) is 6.64. The lowest BCUT2D eigenvalue weighted by atomic mass is 10.3. The summed E-state index contributed by atoms with van der Waals surface area (Å²) in [6.07, 6.45) is 4.39. The lowest BCUT2D eigenvalue weighted by Crippen LogP contribution is -2.14. The third-order valence-corrected chi connectivity index (χ3v) is 3.20. The van der Waals surface area contributed by atoms with Crippen molar-refractivity contribution < 1.29 is 9.15 Å². The molecule has 0 radical (unpaired) electrons. The zero-order chi connectivity index (χ0) is 13.2. The number of hydrogen-bond donors (Lipinski definition) is 1. The average Bonchev–Trinajstić information content (AvgIpc) is 3.01. The van der Waals surface area contributed by atoms with Crippen LogP contribution in [0.4, 0.5) is 0 Å². The molecule has 1 saturated carbocycles. The number of rotatable bonds is 6. The Morgan fingerprint density at radius 1 is 1.47 bits per heavy atom. The van der Waals surface area contributed by atoms with E-state index in [0.717, 1.165) is 23.9 Å². The van der Waals surface area contributed by atoms with Gasteiger partial charge in [0.1, 0.15) is 12.4 Å². The van der Waals surface area contributed by atoms with Gasteiger partial charge in [-0.1, -0.05) is 0 Å². The molecule has 1 fully saturated rings. The first-order valence-corrected chi connectivity index (χ1v) is 6.64. The van der Waals surface area contributed by atoms with Gasteiger partial charge in [-0.15, -0.1) is 0 Å². The molecule has 5 nitrogen and oxygen atoms in total. The second-order valence-electron chi connectivity index (χ2n) is 5.11. The minimum absolute atomic E-state index is 0.433. The summed E-state index contributed by atoms with van der Waals surface area (Å²) in [6, 6.07) is 4.67. The number of furan rings is 1. The van der Waals surface area contributed by atoms with E-state index in [9.17, 15) is 0 Å². The van der Waals surface area contributed by atoms with E-state index in [1.165, 1.54) is 18.4 Å². The maximum atomic E-state index is 5.68. The Labute approximate surface area is 112 Å². The molecule has 19 heavy (non-hydrogen) atoms. The number of hydrogen-bond acceptors (Lipinski definition) is 4. The minimum Gasteiger partial charge on any atom is -0.470 e. The van der Waals surface area contributed by atoms with Crippen LogP contribution in [0.1, 0.15) is 29.9 Å². The maximum absolute atomic E-state index is 5.68. The lowest BCUT2D eigenvalue weighted by molar-refractivity contribution is 0.249. The van der Waals surface area contributed by atoms with Crippen LogP contribution in [0.3, 0.4) is 0 Å². The highest BCUT2D eigenvalue weighted by Gasteiger charge is 2.20. The van der Waals surface area contributed by atoms with Gasteiger partial charge in [-0.2, -0.15) is 5.10 Å². The molecule has 1 aliphatic rings. The Bertz CT molecular complexity index is 555. The molecule has 0 atom stereocenters. The molecule has 0 saturated heterocycles. The molecule has 2 heterocycles. The van der Waals surface area contributed by atoms with Crippen molar-refractivity contribution in [3.8, 4) is 5.88 Å². The second kappa shape index (κ2) is 5.09. The molecule has 0 bridgehead atoms. The highest BCUT2D eigenvalue weighted by atomic mass is 16.5. The first-order chi connectivity index (χ1) is 9.20. The third kappa shape index (κ3) is 3.17. The van der Waals surface area contributed by atoms with E-state index in [4.69, 9.17) is 9.15 Å². The molecule has 102 valence electrons. The summed E-state index contributed by atoms with van der Waals surface area (Å²) in [6.45, 7) is 3.25. The smallest absolute Gasteiger partial charge is 0.212 e. The largest absolute Gasteiger partial charge is 0.470 e. The quantitative estimate of drug-likeness (QED) is 0.865. The van der Waals surface area contributed by atoms with E-state index in [-0.39, 0.29) is 0 Å². The number of nitrogens with one attached hydrogen (secondary N) is 1. The minimum atomic E-state index is 0.433. The van der Waals surface area contributed by atoms with Crippen molar-refractivity contribution in [3.05, 3.63) is 35.4 Å². The lowest BCUT2D eigenvalue weighted by Gasteiger charge is -2.02. The van der Waals surface area contributed by atoms with Gasteiger partial charge in [0.2, 0.25) is 5.88 Å². The fraction of sp³-hybridized carbons (Fsp3) is 0.500. The van der Waals surface area contributed by atoms with E-state index >= 15 is 0 Å². The topological polar surface area (TPSA) is 52.2 Å². The van der Waals surface area contributed by atoms with Crippen molar-refractivity contribution in [2.24, 2.45) is 7.05 Å². The van der Waals surface area contributed by atoms with Crippen LogP contribution in [0.15, 0.2) is 22.8 Å². The maximum Gasteiger partial charge on any atom is 0.212 e. The SMILES string of the molecule is Cc1cc(OCc2cc(CNC3CC3)co2)n(C)n1. The fourth-order valence-corrected chi connectivity index (χ4v) is 2.01. The van der Waals surface area contributed by atoms with Gasteiger partial charge in [-0.25, -0.2) is 4.68 Å². The van der Waals surface area contributed by atoms with Gasteiger partial charge in [0.15, 0.2) is 0 Å². The molecule has 0 aromatic carbocycles. The summed E-state index contributed by atoms with van der Waals surface area (Å²) in [5.41, 5.74) is 2.12. The first kappa shape index (κ1) is 12.3. The molecule has 0 aliphatic heterocycles. The molecule has 2 aromatic rings. The van der Waals surface area contributed by atoms with Crippen LogP contribution in [0.2, 0.25) is 0 Å². The number of aromatic nitrogens is 2. The van der Waals surface area contributed by atoms with E-state index < -0.39 is 0 Å². The van der Waals surface area contributed by atoms with Crippen molar-refractivity contribution in [3.63, 3.8) is 0 Å². The van der Waals surface area contributed by atoms with Gasteiger partial charge >= 0.3 is 0 Å². The van der Waals surface area contributed by atoms with Crippen LogP contribution in [-0.2, 0) is 20.2 Å². The molecule has 2 aromatic heterocycles. The van der Waals surface area contributed by atoms with Crippen LogP contribution >= 0.6 is 0 Å². The van der Waals surface area contributed by atoms with Gasteiger partial charge in [0.25, 0.3) is 0 Å². The third-order valence-electron chi connectivity index (χ3n) is 3.20. The van der Waals surface area contributed by atoms with Gasteiger partial charge in [0, 0.05) is 31.3 Å². The molecular weight excluding hydrogens is 242 g/mol. The number of aryl methyl sites for hydroxylation is 2. The van der Waals surface area contributed by atoms with Crippen molar-refractivity contribution in [2.75, 3.05) is 0 Å². The molecule has 5 heteroatoms. The standard InChI is InChI=1S/C14H19N3O2/c1-10-5-14(17(2)16-10)19-9-13-6-11(8-18-13)7-15-12-3-4-12/h5-6,8,12,15H,3-4,7,9H2,1-2H3. The zero-order valence-electron chi connectivity index (χ0n) is 11.3. The molecular formula is C14H19N3O2. The molecule has 0 amide bonds. The molecule has 1 aliphatic carbocycles. The highest BCUT2D eigenvalue weighted by Crippen LogP contribution is 2.20. The van der Waals surface area contributed by atoms with Crippen molar-refractivity contribution in [2.45, 2.75) is 39.0 Å². The van der Waals surface area contributed by atoms with Gasteiger partial charge < -0.3 is 14.5 Å². The Balaban J connectivity index is 1.53. The summed E-state index contributed by atoms with van der Waals surface area (Å²) in [7, 11) is 1.87. The normalized spacial score (nSPS) is 14.8. The van der Waals surface area contributed by atoms with Crippen molar-refractivity contribution in [1.82, 2.24) is 15.1 Å². The van der Waals surface area contributed by atoms with Gasteiger partial charge in [-0.3, -0.25) is 0 Å². The zero-order valence-corrected chi connectivity index (χ0v) is 11.3. The summed E-state index contributed by atoms with van der Waals surface area (Å²) in [5.74, 6) is 1.60. The highest BCUT2D eigenvalue weighted by molar-refractivity contribution is 5.16. The van der Waals surface area contributed by atoms with E-state index in [2.05, 4.69) is 10.4 Å². The Hall–Kier alpha value is -1.75. The molecule has 0 unspecified atom stereocenters. The van der Waals surface area contributed by atoms with E-state index in [1.807, 2.05) is 26.1 Å². The Morgan fingerprint density at radius 3 is 3.00 bits per heavy atom. The average molecular weight is 261 g/mol. The van der Waals surface area contributed by atoms with Gasteiger partial charge in [-0.05, 0) is 25.8 Å². The van der Waals surface area contributed by atoms with Crippen LogP contribution in [0.5, 0.6) is 5.88 Å². The van der Waals surface area contributed by atoms with Crippen molar-refractivity contribution >= 4 is 0 Å². The van der Waals surface area contributed by atoms with Crippen LogP contribution in [0.25, 0.3) is 0 Å². The van der Waals surface area contributed by atoms with E-state index in [0.29, 0.717) is 12.6 Å². The van der Waals surface area contributed by atoms with Crippen LogP contribution in [0, 0.1) is 6.92 Å². The summed E-state index contributed by atoms with van der Waals surface area (Å²) < 4.78 is 12.9. The Morgan fingerprint density at radius 2 is 2.32 bits per heavy atom. The summed E-state index contributed by atoms with van der Waals surface area (Å²) in [4.78, 5) is 0. The monoisotopic (exact) mass is 261 g/mol. The van der Waals surface area contributed by atoms with Gasteiger partial charge in [0.05, 0.1) is 12.0 Å². The predicted molar refractivity (Wildman–Crippen MR) is 70.8 cm³/mol. The number of ether oxygens (including phenoxy) is 1. The Kier molecular flexibility index (Phi) is 3.29. The van der Waals surface area contributed by atoms with E-state index in [1.54, 1.807) is 10.9 Å². The van der Waals surface area contributed by atoms with Crippen molar-refractivity contribution in [1.29, 1.82) is 0 Å². The molecule has 3 rings (SSSR count). The van der Waals surface area contributed by atoms with Crippen LogP contribution < -0.4 is 10.1 Å². The fourth-order valence-electron chi connectivity index (χ4n) is 2.01. The predicted octanol–water partition coefficient (Wildman–Crippen LogP) is 2.15. The number of nitrogens with zero attached hydrogens (tertiary/aromatic N) is 2. The second-order valence-corrected chi connectivity index (χ2v) is 5.11. The molecule has 0 spiro atoms. The van der Waals surface area contributed by atoms with Crippen LogP contribution in [-0.4, -0.2) is 15.8 Å². The molecule has 1 N–H and O–H groups in total.